The average molecular weight is 183 g/mol. The lowest BCUT2D eigenvalue weighted by Crippen LogP contribution is -2.55. The fraction of sp³-hybridized carbons (Fsp3) is 1.00. The Morgan fingerprint density at radius 1 is 1.31 bits per heavy atom. The predicted octanol–water partition coefficient (Wildman–Crippen LogP) is -0.0158. The maximum absolute atomic E-state index is 3.28. The second kappa shape index (κ2) is 3.95. The molecule has 1 N–H and O–H groups in total. The van der Waals surface area contributed by atoms with Crippen LogP contribution in [0.5, 0.6) is 0 Å². The fourth-order valence-corrected chi connectivity index (χ4v) is 2.20. The maximum Gasteiger partial charge on any atom is 0.0345 e. The molecular weight excluding hydrogens is 162 g/mol. The van der Waals surface area contributed by atoms with Crippen LogP contribution in [0.4, 0.5) is 0 Å². The Kier molecular flexibility index (Phi) is 2.86. The minimum Gasteiger partial charge on any atom is -0.318 e. The van der Waals surface area contributed by atoms with Crippen molar-refractivity contribution in [3.8, 4) is 0 Å². The zero-order chi connectivity index (χ0) is 9.26. The van der Waals surface area contributed by atoms with Crippen molar-refractivity contribution >= 4 is 0 Å². The van der Waals surface area contributed by atoms with E-state index >= 15 is 0 Å². The van der Waals surface area contributed by atoms with E-state index in [1.165, 1.54) is 32.5 Å². The summed E-state index contributed by atoms with van der Waals surface area (Å²) in [6, 6.07) is 1.66. The van der Waals surface area contributed by atoms with E-state index in [4.69, 9.17) is 0 Å². The molecule has 0 aromatic rings. The molecule has 1 saturated heterocycles. The van der Waals surface area contributed by atoms with Crippen molar-refractivity contribution in [2.24, 2.45) is 0 Å². The molecule has 1 aliphatic heterocycles. The Bertz CT molecular complexity index is 168. The normalized spacial score (nSPS) is 32.3. The summed E-state index contributed by atoms with van der Waals surface area (Å²) in [7, 11) is 4.29. The number of hydrogen-bond donors (Lipinski definition) is 1. The highest BCUT2D eigenvalue weighted by atomic mass is 15.3. The number of likely N-dealkylation sites (N-methyl/N-ethyl adjacent to an activating group) is 2. The number of nitrogens with zero attached hydrogens (tertiary/aromatic N) is 2. The molecular formula is C10H21N3. The second-order valence-corrected chi connectivity index (χ2v) is 4.42. The van der Waals surface area contributed by atoms with Gasteiger partial charge in [0.05, 0.1) is 0 Å². The third-order valence-electron chi connectivity index (χ3n) is 3.31. The monoisotopic (exact) mass is 183 g/mol. The van der Waals surface area contributed by atoms with Crippen LogP contribution in [0.2, 0.25) is 0 Å². The molecule has 1 saturated carbocycles. The lowest BCUT2D eigenvalue weighted by molar-refractivity contribution is 0.0906. The zero-order valence-corrected chi connectivity index (χ0v) is 8.79. The summed E-state index contributed by atoms with van der Waals surface area (Å²) in [5.41, 5.74) is 0. The van der Waals surface area contributed by atoms with Crippen LogP contribution in [-0.4, -0.2) is 62.2 Å². The Balaban J connectivity index is 1.84. The molecule has 0 bridgehead atoms. The minimum atomic E-state index is 0.722. The first-order valence-electron chi connectivity index (χ1n) is 5.40. The van der Waals surface area contributed by atoms with Crippen LogP contribution in [-0.2, 0) is 0 Å². The van der Waals surface area contributed by atoms with Crippen molar-refractivity contribution in [1.29, 1.82) is 0 Å². The smallest absolute Gasteiger partial charge is 0.0345 e. The van der Waals surface area contributed by atoms with Crippen LogP contribution in [0.1, 0.15) is 12.8 Å². The summed E-state index contributed by atoms with van der Waals surface area (Å²) in [5, 5.41) is 3.28. The van der Waals surface area contributed by atoms with Crippen LogP contribution >= 0.6 is 0 Å². The number of hydrogen-bond acceptors (Lipinski definition) is 3. The maximum atomic E-state index is 3.28. The molecule has 1 unspecified atom stereocenters. The van der Waals surface area contributed by atoms with Crippen molar-refractivity contribution < 1.29 is 0 Å². The van der Waals surface area contributed by atoms with Gasteiger partial charge in [0.15, 0.2) is 0 Å². The highest BCUT2D eigenvalue weighted by Crippen LogP contribution is 2.28. The third-order valence-corrected chi connectivity index (χ3v) is 3.31. The van der Waals surface area contributed by atoms with Crippen molar-refractivity contribution in [1.82, 2.24) is 15.1 Å². The van der Waals surface area contributed by atoms with Gasteiger partial charge in [0, 0.05) is 38.3 Å². The Labute approximate surface area is 81.1 Å². The molecule has 1 heterocycles. The standard InChI is InChI=1S/C10H21N3/c1-11-7-10-8-13(9-3-4-9)6-5-12(10)2/h9-11H,3-8H2,1-2H3. The lowest BCUT2D eigenvalue weighted by atomic mass is 10.2. The summed E-state index contributed by atoms with van der Waals surface area (Å²) in [6.45, 7) is 4.91. The highest BCUT2D eigenvalue weighted by Gasteiger charge is 2.33. The summed E-state index contributed by atoms with van der Waals surface area (Å²) >= 11 is 0. The summed E-state index contributed by atoms with van der Waals surface area (Å²) < 4.78 is 0. The van der Waals surface area contributed by atoms with E-state index in [0.29, 0.717) is 0 Å². The van der Waals surface area contributed by atoms with Gasteiger partial charge in [-0.1, -0.05) is 0 Å². The van der Waals surface area contributed by atoms with E-state index in [1.807, 2.05) is 7.05 Å². The van der Waals surface area contributed by atoms with Crippen molar-refractivity contribution in [2.75, 3.05) is 40.3 Å². The molecule has 3 heteroatoms. The fourth-order valence-electron chi connectivity index (χ4n) is 2.20. The van der Waals surface area contributed by atoms with Crippen LogP contribution in [0, 0.1) is 0 Å². The largest absolute Gasteiger partial charge is 0.318 e. The number of piperazine rings is 1. The van der Waals surface area contributed by atoms with E-state index < -0.39 is 0 Å². The van der Waals surface area contributed by atoms with E-state index in [1.54, 1.807) is 0 Å². The first-order chi connectivity index (χ1) is 6.31. The molecule has 13 heavy (non-hydrogen) atoms. The van der Waals surface area contributed by atoms with Gasteiger partial charge in [0.1, 0.15) is 0 Å². The number of nitrogens with one attached hydrogen (secondary N) is 1. The van der Waals surface area contributed by atoms with Gasteiger partial charge >= 0.3 is 0 Å². The number of rotatable bonds is 3. The molecule has 3 nitrogen and oxygen atoms in total. The van der Waals surface area contributed by atoms with E-state index in [-0.39, 0.29) is 0 Å². The first-order valence-corrected chi connectivity index (χ1v) is 5.40. The molecule has 2 rings (SSSR count). The average Bonchev–Trinajstić information content (AvgIpc) is 2.92. The summed E-state index contributed by atoms with van der Waals surface area (Å²) in [5.74, 6) is 0. The van der Waals surface area contributed by atoms with Crippen LogP contribution < -0.4 is 5.32 Å². The summed E-state index contributed by atoms with van der Waals surface area (Å²) in [6.07, 6.45) is 2.88. The zero-order valence-electron chi connectivity index (χ0n) is 8.79. The molecule has 0 radical (unpaired) electrons. The Hall–Kier alpha value is -0.120. The third kappa shape index (κ3) is 2.22. The molecule has 2 aliphatic rings. The first kappa shape index (κ1) is 9.44. The molecule has 0 amide bonds. The van der Waals surface area contributed by atoms with Crippen LogP contribution in [0.25, 0.3) is 0 Å². The van der Waals surface area contributed by atoms with Gasteiger partial charge in [0.2, 0.25) is 0 Å². The van der Waals surface area contributed by atoms with E-state index in [9.17, 15) is 0 Å². The second-order valence-electron chi connectivity index (χ2n) is 4.42. The molecule has 0 aromatic heterocycles. The van der Waals surface area contributed by atoms with Gasteiger partial charge in [-0.15, -0.1) is 0 Å². The van der Waals surface area contributed by atoms with Crippen molar-refractivity contribution in [2.45, 2.75) is 24.9 Å². The summed E-state index contributed by atoms with van der Waals surface area (Å²) in [4.78, 5) is 5.15. The van der Waals surface area contributed by atoms with Crippen LogP contribution in [0.15, 0.2) is 0 Å². The van der Waals surface area contributed by atoms with E-state index in [0.717, 1.165) is 18.6 Å². The van der Waals surface area contributed by atoms with Gasteiger partial charge in [-0.05, 0) is 26.9 Å². The molecule has 1 aliphatic carbocycles. The van der Waals surface area contributed by atoms with Crippen molar-refractivity contribution in [3.05, 3.63) is 0 Å². The molecule has 0 aromatic carbocycles. The SMILES string of the molecule is CNCC1CN(C2CC2)CCN1C. The topological polar surface area (TPSA) is 18.5 Å². The molecule has 76 valence electrons. The predicted molar refractivity (Wildman–Crippen MR) is 54.9 cm³/mol. The highest BCUT2D eigenvalue weighted by molar-refractivity contribution is 4.91. The molecule has 1 atom stereocenters. The Morgan fingerprint density at radius 2 is 2.08 bits per heavy atom. The van der Waals surface area contributed by atoms with Gasteiger partial charge in [-0.3, -0.25) is 9.80 Å². The van der Waals surface area contributed by atoms with Crippen LogP contribution in [0.3, 0.4) is 0 Å². The van der Waals surface area contributed by atoms with Gasteiger partial charge in [-0.25, -0.2) is 0 Å². The lowest BCUT2D eigenvalue weighted by Gasteiger charge is -2.39. The van der Waals surface area contributed by atoms with Gasteiger partial charge in [0.25, 0.3) is 0 Å². The van der Waals surface area contributed by atoms with Crippen molar-refractivity contribution in [3.63, 3.8) is 0 Å². The Morgan fingerprint density at radius 3 is 2.69 bits per heavy atom. The van der Waals surface area contributed by atoms with E-state index in [2.05, 4.69) is 22.2 Å². The van der Waals surface area contributed by atoms with Gasteiger partial charge < -0.3 is 5.32 Å². The molecule has 0 spiro atoms. The van der Waals surface area contributed by atoms with Gasteiger partial charge in [-0.2, -0.15) is 0 Å². The minimum absolute atomic E-state index is 0.722. The molecule has 2 fully saturated rings. The quantitative estimate of drug-likeness (QED) is 0.663.